The van der Waals surface area contributed by atoms with Crippen LogP contribution in [0.5, 0.6) is 0 Å². The molecule has 1 aromatic heterocycles. The number of rotatable bonds is 3. The van der Waals surface area contributed by atoms with Crippen molar-refractivity contribution in [2.24, 2.45) is 0 Å². The third-order valence-electron chi connectivity index (χ3n) is 3.90. The van der Waals surface area contributed by atoms with Crippen molar-refractivity contribution in [3.63, 3.8) is 0 Å². The fourth-order valence-electron chi connectivity index (χ4n) is 2.81. The Kier molecular flexibility index (Phi) is 3.11. The molecule has 1 aromatic rings. The average Bonchev–Trinajstić information content (AvgIpc) is 3.09. The van der Waals surface area contributed by atoms with E-state index in [-0.39, 0.29) is 12.1 Å². The molecule has 2 unspecified atom stereocenters. The maximum absolute atomic E-state index is 5.37. The van der Waals surface area contributed by atoms with Gasteiger partial charge in [0.25, 0.3) is 0 Å². The highest BCUT2D eigenvalue weighted by molar-refractivity contribution is 5.02. The van der Waals surface area contributed by atoms with E-state index in [9.17, 15) is 0 Å². The zero-order valence-corrected chi connectivity index (χ0v) is 10.2. The summed E-state index contributed by atoms with van der Waals surface area (Å²) in [7, 11) is 1.74. The van der Waals surface area contributed by atoms with Gasteiger partial charge in [-0.3, -0.25) is 0 Å². The van der Waals surface area contributed by atoms with Gasteiger partial charge in [-0.25, -0.2) is 0 Å². The zero-order chi connectivity index (χ0) is 11.7. The lowest BCUT2D eigenvalue weighted by molar-refractivity contribution is 0.116. The van der Waals surface area contributed by atoms with Crippen LogP contribution >= 0.6 is 0 Å². The lowest BCUT2D eigenvalue weighted by Crippen LogP contribution is -2.16. The Morgan fingerprint density at radius 3 is 2.88 bits per heavy atom. The van der Waals surface area contributed by atoms with Gasteiger partial charge in [-0.1, -0.05) is 18.0 Å². The number of nitrogens with one attached hydrogen (secondary N) is 1. The van der Waals surface area contributed by atoms with Crippen molar-refractivity contribution in [2.45, 2.75) is 50.2 Å². The summed E-state index contributed by atoms with van der Waals surface area (Å²) in [4.78, 5) is 4.55. The maximum atomic E-state index is 5.37. The molecule has 0 spiro atoms. The summed E-state index contributed by atoms with van der Waals surface area (Å²) in [5, 5.41) is 7.48. The second kappa shape index (κ2) is 4.74. The van der Waals surface area contributed by atoms with Crippen LogP contribution in [0.15, 0.2) is 4.52 Å². The first-order valence-electron chi connectivity index (χ1n) is 6.46. The largest absolute Gasteiger partial charge is 0.380 e. The van der Waals surface area contributed by atoms with Crippen LogP contribution in [0.2, 0.25) is 0 Å². The van der Waals surface area contributed by atoms with Gasteiger partial charge in [-0.2, -0.15) is 4.98 Å². The minimum absolute atomic E-state index is 0.169. The summed E-state index contributed by atoms with van der Waals surface area (Å²) >= 11 is 0. The summed E-state index contributed by atoms with van der Waals surface area (Å²) in [5.74, 6) is 2.15. The second-order valence-electron chi connectivity index (χ2n) is 5.03. The molecule has 0 radical (unpaired) electrons. The first-order valence-corrected chi connectivity index (χ1v) is 6.46. The molecule has 2 atom stereocenters. The topological polar surface area (TPSA) is 60.2 Å². The van der Waals surface area contributed by atoms with Gasteiger partial charge in [0.1, 0.15) is 0 Å². The third kappa shape index (κ3) is 2.21. The van der Waals surface area contributed by atoms with E-state index in [0.717, 1.165) is 24.7 Å². The fraction of sp³-hybridized carbons (Fsp3) is 0.833. The monoisotopic (exact) mass is 237 g/mol. The highest BCUT2D eigenvalue weighted by Gasteiger charge is 2.30. The van der Waals surface area contributed by atoms with Crippen LogP contribution in [0.3, 0.4) is 0 Å². The van der Waals surface area contributed by atoms with E-state index >= 15 is 0 Å². The molecule has 17 heavy (non-hydrogen) atoms. The molecular weight excluding hydrogens is 218 g/mol. The summed E-state index contributed by atoms with van der Waals surface area (Å²) in [6.45, 7) is 0.863. The van der Waals surface area contributed by atoms with Gasteiger partial charge < -0.3 is 14.6 Å². The molecule has 0 bridgehead atoms. The van der Waals surface area contributed by atoms with Crippen molar-refractivity contribution >= 4 is 0 Å². The van der Waals surface area contributed by atoms with E-state index in [4.69, 9.17) is 9.26 Å². The van der Waals surface area contributed by atoms with E-state index < -0.39 is 0 Å². The van der Waals surface area contributed by atoms with Crippen molar-refractivity contribution < 1.29 is 9.26 Å². The van der Waals surface area contributed by atoms with Crippen LogP contribution in [0.4, 0.5) is 0 Å². The van der Waals surface area contributed by atoms with Gasteiger partial charge in [0.15, 0.2) is 5.82 Å². The van der Waals surface area contributed by atoms with Crippen molar-refractivity contribution in [1.82, 2.24) is 15.5 Å². The van der Waals surface area contributed by atoms with E-state index in [1.165, 1.54) is 25.7 Å². The molecule has 1 saturated heterocycles. The third-order valence-corrected chi connectivity index (χ3v) is 3.90. The standard InChI is InChI=1S/C12H19N3O2/c1-16-9-6-10(13-7-9)12-14-11(15-17-12)8-4-2-3-5-8/h8-10,13H,2-7H2,1H3. The minimum atomic E-state index is 0.169. The average molecular weight is 237 g/mol. The lowest BCUT2D eigenvalue weighted by Gasteiger charge is -2.04. The summed E-state index contributed by atoms with van der Waals surface area (Å²) in [6.07, 6.45) is 6.18. The van der Waals surface area contributed by atoms with Gasteiger partial charge in [-0.15, -0.1) is 0 Å². The van der Waals surface area contributed by atoms with Crippen LogP contribution in [0, 0.1) is 0 Å². The highest BCUT2D eigenvalue weighted by atomic mass is 16.5. The predicted octanol–water partition coefficient (Wildman–Crippen LogP) is 1.78. The molecule has 5 heteroatoms. The zero-order valence-electron chi connectivity index (χ0n) is 10.2. The second-order valence-corrected chi connectivity index (χ2v) is 5.03. The van der Waals surface area contributed by atoms with Crippen molar-refractivity contribution in [2.75, 3.05) is 13.7 Å². The molecule has 94 valence electrons. The Labute approximate surface area is 101 Å². The SMILES string of the molecule is COC1CNC(c2nc(C3CCCC3)no2)C1. The molecule has 0 aromatic carbocycles. The van der Waals surface area contributed by atoms with Crippen molar-refractivity contribution in [1.29, 1.82) is 0 Å². The fourth-order valence-corrected chi connectivity index (χ4v) is 2.81. The number of ether oxygens (including phenoxy) is 1. The van der Waals surface area contributed by atoms with Crippen molar-refractivity contribution in [3.05, 3.63) is 11.7 Å². The Morgan fingerprint density at radius 1 is 1.35 bits per heavy atom. The lowest BCUT2D eigenvalue weighted by atomic mass is 10.1. The smallest absolute Gasteiger partial charge is 0.243 e. The highest BCUT2D eigenvalue weighted by Crippen LogP contribution is 2.33. The van der Waals surface area contributed by atoms with Crippen LogP contribution in [0.1, 0.15) is 55.8 Å². The van der Waals surface area contributed by atoms with Gasteiger partial charge in [0.05, 0.1) is 12.1 Å². The molecule has 1 aliphatic heterocycles. The predicted molar refractivity (Wildman–Crippen MR) is 61.7 cm³/mol. The Hall–Kier alpha value is -0.940. The summed E-state index contributed by atoms with van der Waals surface area (Å²) in [5.41, 5.74) is 0. The molecule has 3 rings (SSSR count). The molecule has 5 nitrogen and oxygen atoms in total. The Morgan fingerprint density at radius 2 is 2.18 bits per heavy atom. The first-order chi connectivity index (χ1) is 8.36. The molecule has 2 fully saturated rings. The molecular formula is C12H19N3O2. The number of aromatic nitrogens is 2. The number of nitrogens with zero attached hydrogens (tertiary/aromatic N) is 2. The number of hydrogen-bond acceptors (Lipinski definition) is 5. The van der Waals surface area contributed by atoms with Crippen LogP contribution < -0.4 is 5.32 Å². The van der Waals surface area contributed by atoms with Crippen molar-refractivity contribution in [3.8, 4) is 0 Å². The van der Waals surface area contributed by atoms with Gasteiger partial charge >= 0.3 is 0 Å². The number of hydrogen-bond donors (Lipinski definition) is 1. The summed E-state index contributed by atoms with van der Waals surface area (Å²) < 4.78 is 10.7. The van der Waals surface area contributed by atoms with Gasteiger partial charge in [0, 0.05) is 19.6 Å². The minimum Gasteiger partial charge on any atom is -0.380 e. The van der Waals surface area contributed by atoms with Crippen LogP contribution in [-0.2, 0) is 4.74 Å². The van der Waals surface area contributed by atoms with E-state index in [1.54, 1.807) is 7.11 Å². The first kappa shape index (κ1) is 11.2. The van der Waals surface area contributed by atoms with E-state index in [1.807, 2.05) is 0 Å². The molecule has 2 aliphatic rings. The van der Waals surface area contributed by atoms with Crippen LogP contribution in [0.25, 0.3) is 0 Å². The quantitative estimate of drug-likeness (QED) is 0.868. The molecule has 0 amide bonds. The molecule has 1 N–H and O–H groups in total. The van der Waals surface area contributed by atoms with E-state index in [0.29, 0.717) is 5.92 Å². The summed E-state index contributed by atoms with van der Waals surface area (Å²) in [6, 6.07) is 0.169. The normalized spacial score (nSPS) is 30.2. The molecule has 1 aliphatic carbocycles. The Balaban J connectivity index is 1.68. The van der Waals surface area contributed by atoms with Gasteiger partial charge in [0.2, 0.25) is 5.89 Å². The number of methoxy groups -OCH3 is 1. The van der Waals surface area contributed by atoms with Crippen LogP contribution in [-0.4, -0.2) is 29.9 Å². The van der Waals surface area contributed by atoms with Gasteiger partial charge in [-0.05, 0) is 19.3 Å². The Bertz CT molecular complexity index is 374. The maximum Gasteiger partial charge on any atom is 0.243 e. The van der Waals surface area contributed by atoms with E-state index in [2.05, 4.69) is 15.5 Å². The molecule has 1 saturated carbocycles. The molecule has 2 heterocycles.